The number of alkyl halides is 2. The minimum absolute atomic E-state index is 0.0159. The molecule has 2 rings (SSSR count). The number of hydrogen-bond donors (Lipinski definition) is 1. The zero-order chi connectivity index (χ0) is 14.4. The van der Waals surface area contributed by atoms with Crippen LogP contribution in [0.3, 0.4) is 0 Å². The van der Waals surface area contributed by atoms with E-state index in [1.165, 1.54) is 12.4 Å². The van der Waals surface area contributed by atoms with Crippen LogP contribution in [0.5, 0.6) is 5.75 Å². The Morgan fingerprint density at radius 1 is 1.40 bits per heavy atom. The van der Waals surface area contributed by atoms with Gasteiger partial charge in [-0.25, -0.2) is 4.98 Å². The molecule has 0 radical (unpaired) electrons. The maximum absolute atomic E-state index is 12.6. The minimum atomic E-state index is -2.60. The number of rotatable bonds is 7. The summed E-state index contributed by atoms with van der Waals surface area (Å²) in [5, 5.41) is 3.21. The molecule has 0 aliphatic rings. The Kier molecular flexibility index (Phi) is 5.06. The summed E-state index contributed by atoms with van der Waals surface area (Å²) in [7, 11) is 0. The molecule has 0 amide bonds. The van der Waals surface area contributed by atoms with E-state index in [2.05, 4.69) is 10.3 Å². The van der Waals surface area contributed by atoms with Crippen molar-refractivity contribution < 1.29 is 13.5 Å². The third kappa shape index (κ3) is 3.77. The normalized spacial score (nSPS) is 11.0. The van der Waals surface area contributed by atoms with Crippen molar-refractivity contribution in [2.45, 2.75) is 26.6 Å². The Hall–Kier alpha value is -1.95. The van der Waals surface area contributed by atoms with Gasteiger partial charge in [-0.05, 0) is 24.2 Å². The fourth-order valence-corrected chi connectivity index (χ4v) is 1.80. The van der Waals surface area contributed by atoms with Crippen LogP contribution in [0.25, 0.3) is 0 Å². The molecule has 0 aliphatic heterocycles. The summed E-state index contributed by atoms with van der Waals surface area (Å²) in [6.07, 6.45) is 2.58. The Morgan fingerprint density at radius 2 is 2.25 bits per heavy atom. The van der Waals surface area contributed by atoms with E-state index in [9.17, 15) is 8.78 Å². The Balaban J connectivity index is 1.98. The van der Waals surface area contributed by atoms with Crippen LogP contribution in [-0.4, -0.2) is 16.1 Å². The molecule has 0 unspecified atom stereocenters. The average molecular weight is 281 g/mol. The number of hydrogen-bond acceptors (Lipinski definition) is 3. The van der Waals surface area contributed by atoms with Crippen molar-refractivity contribution in [2.24, 2.45) is 0 Å². The van der Waals surface area contributed by atoms with Gasteiger partial charge in [-0.15, -0.1) is 0 Å². The lowest BCUT2D eigenvalue weighted by molar-refractivity contribution is 0.0632. The fraction of sp³-hybridized carbons (Fsp3) is 0.357. The summed E-state index contributed by atoms with van der Waals surface area (Å²) in [5.74, 6) is 0.848. The van der Waals surface area contributed by atoms with E-state index in [1.807, 2.05) is 25.1 Å². The van der Waals surface area contributed by atoms with Gasteiger partial charge in [0.1, 0.15) is 12.4 Å². The molecule has 20 heavy (non-hydrogen) atoms. The second-order valence-corrected chi connectivity index (χ2v) is 4.24. The van der Waals surface area contributed by atoms with Gasteiger partial charge in [0.25, 0.3) is 0 Å². The summed E-state index contributed by atoms with van der Waals surface area (Å²) < 4.78 is 31.6. The van der Waals surface area contributed by atoms with Crippen molar-refractivity contribution in [3.8, 4) is 5.75 Å². The van der Waals surface area contributed by atoms with Gasteiger partial charge in [0.2, 0.25) is 0 Å². The first kappa shape index (κ1) is 14.5. The molecule has 0 saturated carbocycles. The summed E-state index contributed by atoms with van der Waals surface area (Å²) in [6.45, 7) is 1.08. The second kappa shape index (κ2) is 7.00. The molecule has 0 saturated heterocycles. The van der Waals surface area contributed by atoms with Crippen LogP contribution < -0.4 is 10.1 Å². The smallest absolute Gasteiger partial charge is 0.320 e. The van der Waals surface area contributed by atoms with Crippen LogP contribution in [0.15, 0.2) is 36.7 Å². The lowest BCUT2D eigenvalue weighted by Gasteiger charge is -2.10. The number of benzene rings is 1. The number of ether oxygens (including phenoxy) is 1. The van der Waals surface area contributed by atoms with E-state index in [-0.39, 0.29) is 12.4 Å². The highest BCUT2D eigenvalue weighted by molar-refractivity contribution is 5.28. The number of aromatic nitrogens is 2. The van der Waals surface area contributed by atoms with Crippen LogP contribution in [0.4, 0.5) is 8.78 Å². The van der Waals surface area contributed by atoms with Crippen molar-refractivity contribution in [3.05, 3.63) is 48.0 Å². The number of imidazole rings is 1. The Bertz CT molecular complexity index is 543. The Labute approximate surface area is 116 Å². The Morgan fingerprint density at radius 3 is 3.00 bits per heavy atom. The summed E-state index contributed by atoms with van der Waals surface area (Å²) in [4.78, 5) is 3.87. The topological polar surface area (TPSA) is 39.1 Å². The lowest BCUT2D eigenvalue weighted by Crippen LogP contribution is -2.11. The zero-order valence-electron chi connectivity index (χ0n) is 11.2. The largest absolute Gasteiger partial charge is 0.486 e. The van der Waals surface area contributed by atoms with E-state index in [1.54, 1.807) is 6.07 Å². The second-order valence-electron chi connectivity index (χ2n) is 4.24. The zero-order valence-corrected chi connectivity index (χ0v) is 11.2. The van der Waals surface area contributed by atoms with Crippen LogP contribution in [-0.2, 0) is 13.2 Å². The summed E-state index contributed by atoms with van der Waals surface area (Å²) in [6, 6.07) is 7.54. The molecule has 1 N–H and O–H groups in total. The van der Waals surface area contributed by atoms with Gasteiger partial charge in [0, 0.05) is 18.9 Å². The maximum atomic E-state index is 12.6. The molecular formula is C14H17F2N3O. The van der Waals surface area contributed by atoms with Gasteiger partial charge >= 0.3 is 6.55 Å². The highest BCUT2D eigenvalue weighted by Gasteiger charge is 2.11. The highest BCUT2D eigenvalue weighted by Crippen LogP contribution is 2.17. The van der Waals surface area contributed by atoms with Crippen molar-refractivity contribution in [1.82, 2.24) is 14.9 Å². The van der Waals surface area contributed by atoms with Crippen LogP contribution >= 0.6 is 0 Å². The molecule has 4 nitrogen and oxygen atoms in total. The third-order valence-corrected chi connectivity index (χ3v) is 2.80. The molecule has 0 spiro atoms. The molecular weight excluding hydrogens is 264 g/mol. The van der Waals surface area contributed by atoms with Crippen LogP contribution in [0.2, 0.25) is 0 Å². The minimum Gasteiger partial charge on any atom is -0.486 e. The van der Waals surface area contributed by atoms with Crippen LogP contribution in [0.1, 0.15) is 24.9 Å². The van der Waals surface area contributed by atoms with Crippen molar-refractivity contribution in [1.29, 1.82) is 0 Å². The van der Waals surface area contributed by atoms with E-state index in [0.29, 0.717) is 5.75 Å². The molecule has 1 aromatic carbocycles. The monoisotopic (exact) mass is 281 g/mol. The maximum Gasteiger partial charge on any atom is 0.320 e. The summed E-state index contributed by atoms with van der Waals surface area (Å²) >= 11 is 0. The van der Waals surface area contributed by atoms with Crippen molar-refractivity contribution >= 4 is 0 Å². The average Bonchev–Trinajstić information content (AvgIpc) is 2.92. The van der Waals surface area contributed by atoms with Gasteiger partial charge in [-0.1, -0.05) is 19.1 Å². The predicted octanol–water partition coefficient (Wildman–Crippen LogP) is 2.97. The first-order chi connectivity index (χ1) is 9.70. The molecule has 1 heterocycles. The van der Waals surface area contributed by atoms with E-state index >= 15 is 0 Å². The van der Waals surface area contributed by atoms with Gasteiger partial charge in [-0.2, -0.15) is 8.78 Å². The van der Waals surface area contributed by atoms with Crippen molar-refractivity contribution in [3.63, 3.8) is 0 Å². The molecule has 6 heteroatoms. The highest BCUT2D eigenvalue weighted by atomic mass is 19.3. The molecule has 108 valence electrons. The molecule has 0 bridgehead atoms. The standard InChI is InChI=1S/C14H17F2N3O/c1-2-17-9-11-4-3-5-12(8-11)20-10-13-18-6-7-19(13)14(15)16/h3-8,14,17H,2,9-10H2,1H3. The van der Waals surface area contributed by atoms with Gasteiger partial charge in [-0.3, -0.25) is 4.57 Å². The van der Waals surface area contributed by atoms with Gasteiger partial charge in [0.05, 0.1) is 0 Å². The van der Waals surface area contributed by atoms with Crippen LogP contribution in [0, 0.1) is 0 Å². The molecule has 0 atom stereocenters. The predicted molar refractivity (Wildman–Crippen MR) is 71.6 cm³/mol. The summed E-state index contributed by atoms with van der Waals surface area (Å²) in [5.41, 5.74) is 1.08. The number of halogens is 2. The molecule has 0 fully saturated rings. The third-order valence-electron chi connectivity index (χ3n) is 2.80. The molecule has 1 aromatic heterocycles. The van der Waals surface area contributed by atoms with Gasteiger partial charge in [0.15, 0.2) is 5.82 Å². The number of nitrogens with zero attached hydrogens (tertiary/aromatic N) is 2. The first-order valence-electron chi connectivity index (χ1n) is 6.43. The van der Waals surface area contributed by atoms with Gasteiger partial charge < -0.3 is 10.1 Å². The van der Waals surface area contributed by atoms with E-state index in [0.717, 1.165) is 23.2 Å². The molecule has 2 aromatic rings. The lowest BCUT2D eigenvalue weighted by atomic mass is 10.2. The quantitative estimate of drug-likeness (QED) is 0.848. The number of nitrogens with one attached hydrogen (secondary N) is 1. The van der Waals surface area contributed by atoms with Crippen molar-refractivity contribution in [2.75, 3.05) is 6.54 Å². The molecule has 0 aliphatic carbocycles. The first-order valence-corrected chi connectivity index (χ1v) is 6.43. The van der Waals surface area contributed by atoms with E-state index < -0.39 is 6.55 Å². The van der Waals surface area contributed by atoms with E-state index in [4.69, 9.17) is 4.74 Å². The SMILES string of the molecule is CCNCc1cccc(OCc2nccn2C(F)F)c1. The fourth-order valence-electron chi connectivity index (χ4n) is 1.80.